The fourth-order valence-corrected chi connectivity index (χ4v) is 6.25. The van der Waals surface area contributed by atoms with E-state index in [0.29, 0.717) is 30.0 Å². The number of nitrogens with zero attached hydrogens (tertiary/aromatic N) is 1. The molecule has 3 atom stereocenters. The van der Waals surface area contributed by atoms with Gasteiger partial charge in [0, 0.05) is 35.6 Å². The van der Waals surface area contributed by atoms with Gasteiger partial charge in [-0.2, -0.15) is 0 Å². The molecule has 3 aromatic carbocycles. The topological polar surface area (TPSA) is 101 Å². The number of hydrogen-bond acceptors (Lipinski definition) is 5. The van der Waals surface area contributed by atoms with Gasteiger partial charge < -0.3 is 24.7 Å². The Bertz CT molecular complexity index is 1760. The number of halogens is 2. The summed E-state index contributed by atoms with van der Waals surface area (Å²) < 4.78 is 25.5. The van der Waals surface area contributed by atoms with Gasteiger partial charge >= 0.3 is 6.09 Å². The van der Waals surface area contributed by atoms with Crippen LogP contribution in [0.1, 0.15) is 50.3 Å². The SMILES string of the molecule is CC(C)(C)OC(=O)NCc1ccc(-c2cc(CC(=O)N3[C@@H]4C[C@@H]4C[C@H]3C(=O)NCc3cccc(Cl)c3F)cc3ccoc23)cc1. The molecule has 0 bridgehead atoms. The van der Waals surface area contributed by atoms with Gasteiger partial charge in [-0.05, 0) is 80.5 Å². The smallest absolute Gasteiger partial charge is 0.407 e. The maximum absolute atomic E-state index is 14.3. The summed E-state index contributed by atoms with van der Waals surface area (Å²) >= 11 is 5.89. The number of benzene rings is 3. The summed E-state index contributed by atoms with van der Waals surface area (Å²) in [7, 11) is 0. The van der Waals surface area contributed by atoms with Crippen molar-refractivity contribution in [3.63, 3.8) is 0 Å². The van der Waals surface area contributed by atoms with Gasteiger partial charge in [-0.3, -0.25) is 9.59 Å². The van der Waals surface area contributed by atoms with Crippen LogP contribution in [0.5, 0.6) is 0 Å². The van der Waals surface area contributed by atoms with E-state index in [1.54, 1.807) is 23.3 Å². The Morgan fingerprint density at radius 1 is 1.00 bits per heavy atom. The largest absolute Gasteiger partial charge is 0.464 e. The van der Waals surface area contributed by atoms with Crippen LogP contribution in [-0.2, 0) is 33.8 Å². The predicted octanol–water partition coefficient (Wildman–Crippen LogP) is 6.77. The number of amides is 3. The lowest BCUT2D eigenvalue weighted by atomic mass is 9.97. The van der Waals surface area contributed by atoms with Crippen LogP contribution >= 0.6 is 11.6 Å². The Labute approximate surface area is 265 Å². The summed E-state index contributed by atoms with van der Waals surface area (Å²) in [5.74, 6) is -0.657. The number of furan rings is 1. The van der Waals surface area contributed by atoms with Crippen LogP contribution in [-0.4, -0.2) is 40.5 Å². The number of nitrogens with one attached hydrogen (secondary N) is 2. The van der Waals surface area contributed by atoms with E-state index < -0.39 is 23.6 Å². The van der Waals surface area contributed by atoms with Crippen LogP contribution in [0, 0.1) is 11.7 Å². The first-order valence-corrected chi connectivity index (χ1v) is 15.4. The molecule has 6 rings (SSSR count). The number of fused-ring (bicyclic) bond motifs is 2. The molecular formula is C35H35ClFN3O5. The Kier molecular flexibility index (Phi) is 8.31. The normalized spacial score (nSPS) is 18.9. The second-order valence-corrected chi connectivity index (χ2v) is 13.2. The first-order chi connectivity index (χ1) is 21.5. The number of piperidine rings is 1. The number of likely N-dealkylation sites (tertiary alicyclic amines) is 1. The number of carbonyl (C=O) groups is 3. The molecule has 2 heterocycles. The van der Waals surface area contributed by atoms with E-state index in [2.05, 4.69) is 10.6 Å². The number of alkyl carbamates (subject to hydrolysis) is 1. The minimum atomic E-state index is -0.595. The molecule has 2 fully saturated rings. The van der Waals surface area contributed by atoms with Crippen molar-refractivity contribution in [1.82, 2.24) is 15.5 Å². The van der Waals surface area contributed by atoms with Crippen LogP contribution in [0.25, 0.3) is 22.1 Å². The first-order valence-electron chi connectivity index (χ1n) is 15.0. The lowest BCUT2D eigenvalue weighted by Gasteiger charge is -2.27. The molecule has 1 aliphatic carbocycles. The molecule has 0 spiro atoms. The van der Waals surface area contributed by atoms with Crippen molar-refractivity contribution < 1.29 is 27.9 Å². The number of ether oxygens (including phenoxy) is 1. The molecule has 8 nitrogen and oxygen atoms in total. The fourth-order valence-electron chi connectivity index (χ4n) is 6.05. The van der Waals surface area contributed by atoms with Crippen molar-refractivity contribution in [1.29, 1.82) is 0 Å². The third-order valence-electron chi connectivity index (χ3n) is 8.25. The predicted molar refractivity (Wildman–Crippen MR) is 169 cm³/mol. The molecule has 234 valence electrons. The molecule has 1 aliphatic heterocycles. The molecule has 3 amide bonds. The van der Waals surface area contributed by atoms with E-state index in [0.717, 1.165) is 34.1 Å². The summed E-state index contributed by atoms with van der Waals surface area (Å²) in [5, 5.41) is 6.44. The second-order valence-electron chi connectivity index (χ2n) is 12.8. The highest BCUT2D eigenvalue weighted by Gasteiger charge is 2.55. The summed E-state index contributed by atoms with van der Waals surface area (Å²) in [6, 6.07) is 17.6. The Morgan fingerprint density at radius 3 is 2.53 bits per heavy atom. The summed E-state index contributed by atoms with van der Waals surface area (Å²) in [4.78, 5) is 40.7. The highest BCUT2D eigenvalue weighted by molar-refractivity contribution is 6.30. The van der Waals surface area contributed by atoms with Gasteiger partial charge in [-0.25, -0.2) is 9.18 Å². The van der Waals surface area contributed by atoms with E-state index in [1.807, 2.05) is 63.2 Å². The molecule has 4 aromatic rings. The average molecular weight is 632 g/mol. The van der Waals surface area contributed by atoms with Gasteiger partial charge in [0.2, 0.25) is 11.8 Å². The molecule has 1 aromatic heterocycles. The van der Waals surface area contributed by atoms with Crippen LogP contribution < -0.4 is 10.6 Å². The third kappa shape index (κ3) is 6.83. The van der Waals surface area contributed by atoms with Crippen LogP contribution in [0.2, 0.25) is 5.02 Å². The van der Waals surface area contributed by atoms with Gasteiger partial charge in [0.15, 0.2) is 0 Å². The molecule has 0 radical (unpaired) electrons. The Morgan fingerprint density at radius 2 is 1.78 bits per heavy atom. The van der Waals surface area contributed by atoms with E-state index in [9.17, 15) is 18.8 Å². The van der Waals surface area contributed by atoms with Crippen molar-refractivity contribution in [2.45, 2.75) is 70.8 Å². The minimum Gasteiger partial charge on any atom is -0.464 e. The van der Waals surface area contributed by atoms with E-state index in [-0.39, 0.29) is 35.8 Å². The van der Waals surface area contributed by atoms with Crippen LogP contribution in [0.3, 0.4) is 0 Å². The van der Waals surface area contributed by atoms with E-state index >= 15 is 0 Å². The van der Waals surface area contributed by atoms with Gasteiger partial charge in [-0.15, -0.1) is 0 Å². The van der Waals surface area contributed by atoms with Crippen molar-refractivity contribution in [3.05, 3.63) is 94.5 Å². The van der Waals surface area contributed by atoms with Gasteiger partial charge in [0.25, 0.3) is 0 Å². The van der Waals surface area contributed by atoms with E-state index in [4.69, 9.17) is 20.8 Å². The zero-order chi connectivity index (χ0) is 31.9. The van der Waals surface area contributed by atoms with E-state index in [1.165, 1.54) is 6.07 Å². The van der Waals surface area contributed by atoms with Crippen LogP contribution in [0.15, 0.2) is 71.3 Å². The zero-order valence-corrected chi connectivity index (χ0v) is 26.1. The number of carbonyl (C=O) groups excluding carboxylic acids is 3. The molecule has 1 saturated carbocycles. The highest BCUT2D eigenvalue weighted by Crippen LogP contribution is 2.48. The molecule has 45 heavy (non-hydrogen) atoms. The molecule has 1 saturated heterocycles. The highest BCUT2D eigenvalue weighted by atomic mass is 35.5. The fraction of sp³-hybridized carbons (Fsp3) is 0.343. The second kappa shape index (κ2) is 12.2. The van der Waals surface area contributed by atoms with Gasteiger partial charge in [0.05, 0.1) is 17.7 Å². The van der Waals surface area contributed by atoms with Crippen molar-refractivity contribution in [3.8, 4) is 11.1 Å². The van der Waals surface area contributed by atoms with Crippen LogP contribution in [0.4, 0.5) is 9.18 Å². The summed E-state index contributed by atoms with van der Waals surface area (Å²) in [5.41, 5.74) is 3.89. The first kappa shape index (κ1) is 30.6. The zero-order valence-electron chi connectivity index (χ0n) is 25.4. The van der Waals surface area contributed by atoms with Crippen molar-refractivity contribution >= 4 is 40.5 Å². The number of rotatable bonds is 8. The summed E-state index contributed by atoms with van der Waals surface area (Å²) in [6.07, 6.45) is 2.76. The average Bonchev–Trinajstić information content (AvgIpc) is 3.39. The molecule has 2 aliphatic rings. The third-order valence-corrected chi connectivity index (χ3v) is 8.54. The maximum Gasteiger partial charge on any atom is 0.407 e. The lowest BCUT2D eigenvalue weighted by molar-refractivity contribution is -0.139. The van der Waals surface area contributed by atoms with Crippen molar-refractivity contribution in [2.24, 2.45) is 5.92 Å². The monoisotopic (exact) mass is 631 g/mol. The Hall–Kier alpha value is -4.37. The van der Waals surface area contributed by atoms with Gasteiger partial charge in [-0.1, -0.05) is 48.0 Å². The molecule has 10 heteroatoms. The maximum atomic E-state index is 14.3. The molecule has 2 N–H and O–H groups in total. The standard InChI is InChI=1S/C35H35ClFN3O5/c1-35(2,3)45-34(43)39-18-20-7-9-22(10-8-20)26-14-21(13-23-11-12-44-32(23)26)15-30(41)40-28-16-25(28)17-29(40)33(42)38-19-24-5-4-6-27(36)31(24)37/h4-14,25,28-29H,15-19H2,1-3H3,(H,38,42)(H,39,43)/t25-,28-,29+/m1/s1. The molecule has 0 unspecified atom stereocenters. The molecular weight excluding hydrogens is 597 g/mol. The Balaban J connectivity index is 1.15. The van der Waals surface area contributed by atoms with Crippen molar-refractivity contribution in [2.75, 3.05) is 0 Å². The number of hydrogen-bond donors (Lipinski definition) is 2. The quantitative estimate of drug-likeness (QED) is 0.224. The lowest BCUT2D eigenvalue weighted by Crippen LogP contribution is -2.48. The summed E-state index contributed by atoms with van der Waals surface area (Å²) in [6.45, 7) is 5.76. The van der Waals surface area contributed by atoms with Gasteiger partial charge in [0.1, 0.15) is 23.0 Å². The minimum absolute atomic E-state index is 0.000715.